The highest BCUT2D eigenvalue weighted by atomic mass is 32.2. The Hall–Kier alpha value is -1.38. The topological polar surface area (TPSA) is 57.6 Å². The Morgan fingerprint density at radius 2 is 2.13 bits per heavy atom. The van der Waals surface area contributed by atoms with E-state index in [1.54, 1.807) is 18.2 Å². The van der Waals surface area contributed by atoms with E-state index in [0.29, 0.717) is 22.6 Å². The molecule has 122 valence electrons. The summed E-state index contributed by atoms with van der Waals surface area (Å²) in [6, 6.07) is 4.72. The zero-order valence-electron chi connectivity index (χ0n) is 12.2. The summed E-state index contributed by atoms with van der Waals surface area (Å²) in [6.45, 7) is 0. The van der Waals surface area contributed by atoms with Crippen LogP contribution in [0.4, 0.5) is 4.39 Å². The van der Waals surface area contributed by atoms with E-state index in [1.165, 1.54) is 23.9 Å². The van der Waals surface area contributed by atoms with Gasteiger partial charge in [0.25, 0.3) is 5.91 Å². The summed E-state index contributed by atoms with van der Waals surface area (Å²) in [5.74, 6) is -1.24. The van der Waals surface area contributed by atoms with E-state index >= 15 is 0 Å². The van der Waals surface area contributed by atoms with Crippen LogP contribution in [0.2, 0.25) is 0 Å². The van der Waals surface area contributed by atoms with E-state index in [0.717, 1.165) is 16.7 Å². The molecule has 2 rings (SSSR count). The summed E-state index contributed by atoms with van der Waals surface area (Å²) in [5, 5.41) is 9.37. The van der Waals surface area contributed by atoms with Crippen molar-refractivity contribution in [3.63, 3.8) is 0 Å². The van der Waals surface area contributed by atoms with E-state index in [1.807, 2.05) is 6.26 Å². The van der Waals surface area contributed by atoms with Gasteiger partial charge in [-0.1, -0.05) is 36.1 Å². The molecule has 4 nitrogen and oxygen atoms in total. The predicted octanol–water partition coefficient (Wildman–Crippen LogP) is 3.23. The molecule has 1 N–H and O–H groups in total. The van der Waals surface area contributed by atoms with Crippen molar-refractivity contribution < 1.29 is 19.1 Å². The maximum absolute atomic E-state index is 12.9. The fourth-order valence-electron chi connectivity index (χ4n) is 2.05. The summed E-state index contributed by atoms with van der Waals surface area (Å²) >= 11 is 7.75. The predicted molar refractivity (Wildman–Crippen MR) is 95.8 cm³/mol. The molecule has 1 saturated heterocycles. The molecule has 0 bridgehead atoms. The number of halogens is 1. The Bertz CT molecular complexity index is 660. The first kappa shape index (κ1) is 18.0. The van der Waals surface area contributed by atoms with Crippen LogP contribution in [-0.2, 0) is 9.59 Å². The number of carboxylic acids is 1. The number of aliphatic carboxylic acids is 1. The first-order valence-corrected chi connectivity index (χ1v) is 9.30. The van der Waals surface area contributed by atoms with Gasteiger partial charge in [-0.3, -0.25) is 9.69 Å². The molecule has 1 aromatic carbocycles. The number of hydrogen-bond acceptors (Lipinski definition) is 5. The van der Waals surface area contributed by atoms with Crippen molar-refractivity contribution in [1.82, 2.24) is 4.90 Å². The van der Waals surface area contributed by atoms with Gasteiger partial charge in [0.05, 0.1) is 4.91 Å². The lowest BCUT2D eigenvalue weighted by Gasteiger charge is -2.22. The highest BCUT2D eigenvalue weighted by molar-refractivity contribution is 8.26. The maximum Gasteiger partial charge on any atom is 0.326 e. The minimum atomic E-state index is -1.07. The Labute approximate surface area is 147 Å². The van der Waals surface area contributed by atoms with Crippen molar-refractivity contribution in [2.24, 2.45) is 0 Å². The van der Waals surface area contributed by atoms with Crippen LogP contribution < -0.4 is 0 Å². The first-order chi connectivity index (χ1) is 10.9. The number of carboxylic acid groups (broad SMARTS) is 1. The van der Waals surface area contributed by atoms with E-state index in [-0.39, 0.29) is 10.1 Å². The van der Waals surface area contributed by atoms with Crippen molar-refractivity contribution in [2.75, 3.05) is 12.0 Å². The van der Waals surface area contributed by atoms with E-state index in [9.17, 15) is 19.1 Å². The molecule has 1 amide bonds. The number of carbonyl (C=O) groups excluding carboxylic acids is 1. The van der Waals surface area contributed by atoms with Gasteiger partial charge in [0.2, 0.25) is 0 Å². The lowest BCUT2D eigenvalue weighted by atomic mass is 10.1. The highest BCUT2D eigenvalue weighted by Crippen LogP contribution is 2.34. The van der Waals surface area contributed by atoms with Crippen molar-refractivity contribution in [2.45, 2.75) is 12.5 Å². The third kappa shape index (κ3) is 4.33. The van der Waals surface area contributed by atoms with Gasteiger partial charge in [-0.05, 0) is 42.2 Å². The molecular formula is C15H14FNO3S3. The minimum absolute atomic E-state index is 0.233. The average molecular weight is 371 g/mol. The molecule has 1 aliphatic heterocycles. The molecular weight excluding hydrogens is 357 g/mol. The van der Waals surface area contributed by atoms with Crippen molar-refractivity contribution >= 4 is 58.0 Å². The van der Waals surface area contributed by atoms with Crippen molar-refractivity contribution in [3.05, 3.63) is 40.6 Å². The Balaban J connectivity index is 2.24. The fraction of sp³-hybridized carbons (Fsp3) is 0.267. The van der Waals surface area contributed by atoms with Crippen molar-refractivity contribution in [3.8, 4) is 0 Å². The summed E-state index contributed by atoms with van der Waals surface area (Å²) < 4.78 is 13.2. The number of thiocarbonyl (C=S) groups is 1. The van der Waals surface area contributed by atoms with Gasteiger partial charge in [0.15, 0.2) is 0 Å². The largest absolute Gasteiger partial charge is 0.480 e. The van der Waals surface area contributed by atoms with Gasteiger partial charge in [-0.2, -0.15) is 11.8 Å². The van der Waals surface area contributed by atoms with E-state index in [2.05, 4.69) is 0 Å². The Morgan fingerprint density at radius 3 is 2.70 bits per heavy atom. The molecule has 1 atom stereocenters. The summed E-state index contributed by atoms with van der Waals surface area (Å²) in [6.07, 6.45) is 3.79. The quantitative estimate of drug-likeness (QED) is 0.612. The zero-order chi connectivity index (χ0) is 17.0. The lowest BCUT2D eigenvalue weighted by molar-refractivity contribution is -0.145. The zero-order valence-corrected chi connectivity index (χ0v) is 14.6. The molecule has 1 fully saturated rings. The normalized spacial score (nSPS) is 17.8. The van der Waals surface area contributed by atoms with Crippen LogP contribution in [0.15, 0.2) is 29.2 Å². The van der Waals surface area contributed by atoms with Crippen LogP contribution in [0.3, 0.4) is 0 Å². The molecule has 23 heavy (non-hydrogen) atoms. The van der Waals surface area contributed by atoms with Crippen molar-refractivity contribution in [1.29, 1.82) is 0 Å². The van der Waals surface area contributed by atoms with Crippen LogP contribution in [0.5, 0.6) is 0 Å². The molecule has 0 saturated carbocycles. The molecule has 0 aliphatic carbocycles. The van der Waals surface area contributed by atoms with Gasteiger partial charge < -0.3 is 5.11 Å². The Kier molecular flexibility index (Phi) is 6.20. The number of nitrogens with zero attached hydrogens (tertiary/aromatic N) is 1. The van der Waals surface area contributed by atoms with E-state index < -0.39 is 17.9 Å². The lowest BCUT2D eigenvalue weighted by Crippen LogP contribution is -2.44. The number of benzene rings is 1. The molecule has 1 unspecified atom stereocenters. The van der Waals surface area contributed by atoms with Gasteiger partial charge in [-0.25, -0.2) is 9.18 Å². The second-order valence-corrected chi connectivity index (χ2v) is 7.40. The molecule has 0 spiro atoms. The van der Waals surface area contributed by atoms with Crippen LogP contribution in [0.25, 0.3) is 6.08 Å². The van der Waals surface area contributed by atoms with Crippen LogP contribution in [0, 0.1) is 5.82 Å². The number of hydrogen-bond donors (Lipinski definition) is 1. The number of carbonyl (C=O) groups is 2. The third-order valence-electron chi connectivity index (χ3n) is 3.18. The second-order valence-electron chi connectivity index (χ2n) is 4.74. The summed E-state index contributed by atoms with van der Waals surface area (Å²) in [7, 11) is 0. The van der Waals surface area contributed by atoms with Crippen LogP contribution in [0.1, 0.15) is 12.0 Å². The molecule has 1 aromatic rings. The van der Waals surface area contributed by atoms with Gasteiger partial charge in [0, 0.05) is 0 Å². The number of rotatable bonds is 6. The standard InChI is InChI=1S/C15H14FNO3S3/c1-22-7-6-11(14(19)20)17-13(18)12(23-15(17)21)8-9-2-4-10(16)5-3-9/h2-5,8,11H,6-7H2,1H3,(H,19,20)/b12-8+. The first-order valence-electron chi connectivity index (χ1n) is 6.68. The average Bonchev–Trinajstić information content (AvgIpc) is 2.77. The second kappa shape index (κ2) is 7.94. The van der Waals surface area contributed by atoms with E-state index in [4.69, 9.17) is 12.2 Å². The molecule has 1 heterocycles. The molecule has 0 aromatic heterocycles. The smallest absolute Gasteiger partial charge is 0.326 e. The fourth-order valence-corrected chi connectivity index (χ4v) is 3.87. The highest BCUT2D eigenvalue weighted by Gasteiger charge is 2.40. The summed E-state index contributed by atoms with van der Waals surface area (Å²) in [5.41, 5.74) is 0.655. The Morgan fingerprint density at radius 1 is 1.48 bits per heavy atom. The molecule has 1 aliphatic rings. The number of thioether (sulfide) groups is 2. The van der Waals surface area contributed by atoms with Crippen LogP contribution >= 0.6 is 35.7 Å². The van der Waals surface area contributed by atoms with Gasteiger partial charge in [0.1, 0.15) is 16.2 Å². The monoisotopic (exact) mass is 371 g/mol. The third-order valence-corrected chi connectivity index (χ3v) is 5.16. The minimum Gasteiger partial charge on any atom is -0.480 e. The summed E-state index contributed by atoms with van der Waals surface area (Å²) in [4.78, 5) is 25.5. The molecule has 8 heteroatoms. The molecule has 0 radical (unpaired) electrons. The number of amides is 1. The van der Waals surface area contributed by atoms with Gasteiger partial charge in [-0.15, -0.1) is 0 Å². The maximum atomic E-state index is 12.9. The van der Waals surface area contributed by atoms with Gasteiger partial charge >= 0.3 is 5.97 Å². The SMILES string of the molecule is CSCCC(C(=O)O)N1C(=O)/C(=C\c2ccc(F)cc2)SC1=S. The van der Waals surface area contributed by atoms with Crippen LogP contribution in [-0.4, -0.2) is 44.3 Å².